The summed E-state index contributed by atoms with van der Waals surface area (Å²) in [6.45, 7) is 7.31. The molecule has 1 unspecified atom stereocenters. The Balaban J connectivity index is 1.54. The van der Waals surface area contributed by atoms with E-state index >= 15 is 0 Å². The van der Waals surface area contributed by atoms with Crippen LogP contribution in [0.15, 0.2) is 34.4 Å². The van der Waals surface area contributed by atoms with Crippen molar-refractivity contribution in [1.82, 2.24) is 14.9 Å². The smallest absolute Gasteiger partial charge is 0.260 e. The van der Waals surface area contributed by atoms with Gasteiger partial charge in [0.2, 0.25) is 0 Å². The normalized spacial score (nSPS) is 15.4. The maximum Gasteiger partial charge on any atom is 0.260 e. The van der Waals surface area contributed by atoms with E-state index in [9.17, 15) is 9.90 Å². The lowest BCUT2D eigenvalue weighted by atomic mass is 10.1. The van der Waals surface area contributed by atoms with Gasteiger partial charge in [-0.2, -0.15) is 0 Å². The van der Waals surface area contributed by atoms with E-state index in [2.05, 4.69) is 22.0 Å². The van der Waals surface area contributed by atoms with Crippen LogP contribution in [0.5, 0.6) is 0 Å². The fourth-order valence-corrected chi connectivity index (χ4v) is 4.58. The van der Waals surface area contributed by atoms with Gasteiger partial charge in [-0.25, -0.2) is 4.98 Å². The maximum absolute atomic E-state index is 12.9. The third kappa shape index (κ3) is 4.98. The van der Waals surface area contributed by atoms with Crippen molar-refractivity contribution < 1.29 is 9.84 Å². The van der Waals surface area contributed by atoms with Crippen LogP contribution in [0.3, 0.4) is 0 Å². The predicted molar refractivity (Wildman–Crippen MR) is 121 cm³/mol. The molecule has 0 spiro atoms. The number of hydrogen-bond acceptors (Lipinski definition) is 6. The number of nitrogens with zero attached hydrogens (tertiary/aromatic N) is 2. The molecule has 7 heteroatoms. The van der Waals surface area contributed by atoms with Gasteiger partial charge in [0.15, 0.2) is 0 Å². The van der Waals surface area contributed by atoms with Crippen LogP contribution >= 0.6 is 11.3 Å². The Labute approximate surface area is 180 Å². The minimum absolute atomic E-state index is 0.0935. The van der Waals surface area contributed by atoms with Crippen molar-refractivity contribution in [3.8, 4) is 11.1 Å². The van der Waals surface area contributed by atoms with Crippen molar-refractivity contribution in [1.29, 1.82) is 0 Å². The molecular weight excluding hydrogens is 398 g/mol. The molecule has 1 aliphatic rings. The minimum atomic E-state index is -0.557. The minimum Gasteiger partial charge on any atom is -0.389 e. The molecule has 1 saturated carbocycles. The Bertz CT molecular complexity index is 1050. The Morgan fingerprint density at radius 3 is 2.70 bits per heavy atom. The first-order chi connectivity index (χ1) is 14.4. The number of nitrogens with one attached hydrogen (secondary N) is 1. The molecule has 2 heterocycles. The molecule has 0 saturated heterocycles. The van der Waals surface area contributed by atoms with Crippen LogP contribution in [-0.2, 0) is 11.3 Å². The highest BCUT2D eigenvalue weighted by molar-refractivity contribution is 7.17. The van der Waals surface area contributed by atoms with Gasteiger partial charge in [0, 0.05) is 23.5 Å². The zero-order chi connectivity index (χ0) is 21.3. The summed E-state index contributed by atoms with van der Waals surface area (Å²) in [6.07, 6.45) is 1.76. The van der Waals surface area contributed by atoms with Gasteiger partial charge >= 0.3 is 0 Å². The van der Waals surface area contributed by atoms with Gasteiger partial charge in [0.25, 0.3) is 5.56 Å². The van der Waals surface area contributed by atoms with E-state index in [0.29, 0.717) is 36.9 Å². The van der Waals surface area contributed by atoms with Gasteiger partial charge in [0.1, 0.15) is 10.7 Å². The maximum atomic E-state index is 12.9. The molecule has 0 radical (unpaired) electrons. The molecule has 1 aliphatic carbocycles. The predicted octanol–water partition coefficient (Wildman–Crippen LogP) is 3.71. The Morgan fingerprint density at radius 2 is 2.03 bits per heavy atom. The molecule has 0 aliphatic heterocycles. The summed E-state index contributed by atoms with van der Waals surface area (Å²) in [5.41, 5.74) is 3.04. The van der Waals surface area contributed by atoms with Crippen molar-refractivity contribution in [2.45, 2.75) is 58.4 Å². The topological polar surface area (TPSA) is 78.5 Å². The van der Waals surface area contributed by atoms with Crippen LogP contribution in [-0.4, -0.2) is 51.4 Å². The summed E-state index contributed by atoms with van der Waals surface area (Å²) in [5, 5.41) is 13.0. The number of fused-ring (bicyclic) bond motifs is 1. The molecule has 0 amide bonds. The number of rotatable bonds is 9. The molecule has 2 aromatic heterocycles. The number of aliphatic hydroxyl groups excluding tert-OH is 1. The molecule has 1 fully saturated rings. The molecule has 6 nitrogen and oxygen atoms in total. The number of hydrogen-bond donors (Lipinski definition) is 2. The van der Waals surface area contributed by atoms with E-state index in [1.54, 1.807) is 0 Å². The van der Waals surface area contributed by atoms with Crippen LogP contribution in [0.1, 0.15) is 38.1 Å². The second-order valence-corrected chi connectivity index (χ2v) is 9.26. The molecule has 0 bridgehead atoms. The largest absolute Gasteiger partial charge is 0.389 e. The number of H-pyrrole nitrogens is 1. The van der Waals surface area contributed by atoms with Crippen molar-refractivity contribution >= 4 is 21.6 Å². The lowest BCUT2D eigenvalue weighted by Crippen LogP contribution is -2.37. The summed E-state index contributed by atoms with van der Waals surface area (Å²) in [4.78, 5) is 23.6. The second kappa shape index (κ2) is 8.98. The number of aryl methyl sites for hydroxylation is 1. The van der Waals surface area contributed by atoms with Gasteiger partial charge in [-0.3, -0.25) is 9.69 Å². The van der Waals surface area contributed by atoms with Crippen LogP contribution in [0.4, 0.5) is 0 Å². The van der Waals surface area contributed by atoms with Crippen molar-refractivity contribution in [2.24, 2.45) is 0 Å². The number of ether oxygens (including phenoxy) is 1. The number of aromatic nitrogens is 2. The fraction of sp³-hybridized carbons (Fsp3) is 0.478. The molecule has 1 atom stereocenters. The van der Waals surface area contributed by atoms with Crippen LogP contribution in [0.2, 0.25) is 0 Å². The Morgan fingerprint density at radius 1 is 1.30 bits per heavy atom. The average molecular weight is 428 g/mol. The van der Waals surface area contributed by atoms with Gasteiger partial charge in [-0.15, -0.1) is 11.3 Å². The molecule has 3 aromatic rings. The van der Waals surface area contributed by atoms with Crippen LogP contribution in [0.25, 0.3) is 21.3 Å². The van der Waals surface area contributed by atoms with Gasteiger partial charge < -0.3 is 14.8 Å². The van der Waals surface area contributed by atoms with Crippen molar-refractivity contribution in [2.75, 3.05) is 13.2 Å². The van der Waals surface area contributed by atoms with Crippen molar-refractivity contribution in [3.05, 3.63) is 51.4 Å². The molecule has 30 heavy (non-hydrogen) atoms. The number of thiophene rings is 1. The number of benzene rings is 1. The number of aromatic amines is 1. The van der Waals surface area contributed by atoms with E-state index in [0.717, 1.165) is 28.8 Å². The summed E-state index contributed by atoms with van der Waals surface area (Å²) < 4.78 is 5.54. The second-order valence-electron chi connectivity index (χ2n) is 8.40. The quantitative estimate of drug-likeness (QED) is 0.544. The van der Waals surface area contributed by atoms with E-state index in [1.165, 1.54) is 16.9 Å². The highest BCUT2D eigenvalue weighted by atomic mass is 32.1. The summed E-state index contributed by atoms with van der Waals surface area (Å²) in [5.74, 6) is 0.647. The van der Waals surface area contributed by atoms with E-state index < -0.39 is 6.10 Å². The molecule has 160 valence electrons. The summed E-state index contributed by atoms with van der Waals surface area (Å²) in [7, 11) is 0. The highest BCUT2D eigenvalue weighted by Crippen LogP contribution is 2.32. The SMILES string of the molecule is Cc1ccc(-c2csc3nc(CN(CC(O)COC(C)C)C4CC4)[nH]c(=O)c23)cc1. The van der Waals surface area contributed by atoms with E-state index in [1.807, 2.05) is 38.3 Å². The van der Waals surface area contributed by atoms with Gasteiger partial charge in [-0.05, 0) is 39.2 Å². The molecule has 4 rings (SSSR count). The lowest BCUT2D eigenvalue weighted by molar-refractivity contribution is -0.0110. The third-order valence-corrected chi connectivity index (χ3v) is 6.21. The first kappa shape index (κ1) is 21.2. The van der Waals surface area contributed by atoms with Crippen LogP contribution < -0.4 is 5.56 Å². The standard InChI is InChI=1S/C23H29N3O3S/c1-14(2)29-12-18(27)10-26(17-8-9-17)11-20-24-22(28)21-19(13-30-23(21)25-20)16-6-4-15(3)5-7-16/h4-7,13-14,17-18,27H,8-12H2,1-3H3,(H,24,25,28). The van der Waals surface area contributed by atoms with Gasteiger partial charge in [0.05, 0.1) is 30.7 Å². The fourth-order valence-electron chi connectivity index (χ4n) is 3.62. The van der Waals surface area contributed by atoms with Gasteiger partial charge in [-0.1, -0.05) is 29.8 Å². The number of aliphatic hydroxyl groups is 1. The summed E-state index contributed by atoms with van der Waals surface area (Å²) in [6, 6.07) is 8.62. The average Bonchev–Trinajstić information content (AvgIpc) is 3.46. The molecule has 2 N–H and O–H groups in total. The Hall–Kier alpha value is -2.06. The van der Waals surface area contributed by atoms with E-state index in [4.69, 9.17) is 9.72 Å². The van der Waals surface area contributed by atoms with E-state index in [-0.39, 0.29) is 11.7 Å². The Kier molecular flexibility index (Phi) is 6.34. The summed E-state index contributed by atoms with van der Waals surface area (Å²) >= 11 is 1.50. The monoisotopic (exact) mass is 427 g/mol. The highest BCUT2D eigenvalue weighted by Gasteiger charge is 2.31. The zero-order valence-corrected chi connectivity index (χ0v) is 18.5. The van der Waals surface area contributed by atoms with Crippen LogP contribution in [0, 0.1) is 6.92 Å². The first-order valence-corrected chi connectivity index (χ1v) is 11.4. The zero-order valence-electron chi connectivity index (χ0n) is 17.7. The van der Waals surface area contributed by atoms with Crippen molar-refractivity contribution in [3.63, 3.8) is 0 Å². The molecular formula is C23H29N3O3S. The first-order valence-electron chi connectivity index (χ1n) is 10.5. The third-order valence-electron chi connectivity index (χ3n) is 5.34. The molecule has 1 aromatic carbocycles. The lowest BCUT2D eigenvalue weighted by Gasteiger charge is -2.24.